The minimum atomic E-state index is -0.664. The van der Waals surface area contributed by atoms with E-state index < -0.39 is 17.2 Å². The standard InChI is InChI=1S/C22H19N3O4/c1-14-5-3-7-17(9-14)29-13-19(26)20-15(2)18(10-23)21(27)25(22(20)28)12-16-6-4-8-24-11-16/h3-9,11,28H,12-13H2,1-2H3. The predicted molar refractivity (Wildman–Crippen MR) is 106 cm³/mol. The Morgan fingerprint density at radius 1 is 1.28 bits per heavy atom. The van der Waals surface area contributed by atoms with Crippen molar-refractivity contribution in [1.29, 1.82) is 5.26 Å². The number of nitriles is 1. The third kappa shape index (κ3) is 4.17. The molecule has 0 amide bonds. The molecule has 3 aromatic rings. The average molecular weight is 389 g/mol. The van der Waals surface area contributed by atoms with E-state index >= 15 is 0 Å². The SMILES string of the molecule is Cc1cccc(OCC(=O)c2c(C)c(C#N)c(=O)n(Cc3cccnc3)c2O)c1. The highest BCUT2D eigenvalue weighted by Gasteiger charge is 2.24. The van der Waals surface area contributed by atoms with Crippen molar-refractivity contribution in [2.24, 2.45) is 0 Å². The molecule has 29 heavy (non-hydrogen) atoms. The van der Waals surface area contributed by atoms with Gasteiger partial charge in [-0.25, -0.2) is 0 Å². The van der Waals surface area contributed by atoms with Gasteiger partial charge in [-0.2, -0.15) is 5.26 Å². The van der Waals surface area contributed by atoms with Crippen molar-refractivity contribution in [2.45, 2.75) is 20.4 Å². The third-order valence-corrected chi connectivity index (χ3v) is 4.50. The number of pyridine rings is 2. The molecule has 0 aliphatic carbocycles. The van der Waals surface area contributed by atoms with Gasteiger partial charge in [-0.15, -0.1) is 0 Å². The molecule has 0 bridgehead atoms. The summed E-state index contributed by atoms with van der Waals surface area (Å²) in [5.74, 6) is -0.509. The molecule has 0 spiro atoms. The fraction of sp³-hybridized carbons (Fsp3) is 0.182. The quantitative estimate of drug-likeness (QED) is 0.650. The molecule has 2 heterocycles. The number of rotatable bonds is 6. The Bertz CT molecular complexity index is 1160. The Morgan fingerprint density at radius 2 is 2.07 bits per heavy atom. The second kappa shape index (κ2) is 8.40. The van der Waals surface area contributed by atoms with Gasteiger partial charge in [0.05, 0.1) is 12.1 Å². The van der Waals surface area contributed by atoms with E-state index in [0.717, 1.165) is 10.1 Å². The van der Waals surface area contributed by atoms with Crippen molar-refractivity contribution in [1.82, 2.24) is 9.55 Å². The summed E-state index contributed by atoms with van der Waals surface area (Å²) in [6.07, 6.45) is 3.12. The number of aromatic nitrogens is 2. The van der Waals surface area contributed by atoms with Crippen LogP contribution in [0.4, 0.5) is 0 Å². The lowest BCUT2D eigenvalue weighted by molar-refractivity contribution is 0.0916. The Kier molecular flexibility index (Phi) is 5.74. The monoisotopic (exact) mass is 389 g/mol. The lowest BCUT2D eigenvalue weighted by atomic mass is 10.0. The van der Waals surface area contributed by atoms with Crippen molar-refractivity contribution in [3.8, 4) is 17.7 Å². The van der Waals surface area contributed by atoms with E-state index in [1.165, 1.54) is 6.92 Å². The molecule has 3 rings (SSSR count). The summed E-state index contributed by atoms with van der Waals surface area (Å²) in [5, 5.41) is 20.1. The van der Waals surface area contributed by atoms with Gasteiger partial charge in [0, 0.05) is 12.4 Å². The maximum absolute atomic E-state index is 12.8. The Hall–Kier alpha value is -3.92. The molecule has 0 fully saturated rings. The average Bonchev–Trinajstić information content (AvgIpc) is 2.71. The number of ketones is 1. The maximum Gasteiger partial charge on any atom is 0.271 e. The van der Waals surface area contributed by atoms with Crippen LogP contribution in [0.5, 0.6) is 11.6 Å². The number of ether oxygens (including phenoxy) is 1. The van der Waals surface area contributed by atoms with E-state index in [9.17, 15) is 20.0 Å². The molecule has 0 aliphatic heterocycles. The topological polar surface area (TPSA) is 105 Å². The molecular weight excluding hydrogens is 370 g/mol. The fourth-order valence-corrected chi connectivity index (χ4v) is 3.03. The maximum atomic E-state index is 12.8. The van der Waals surface area contributed by atoms with Gasteiger partial charge in [-0.3, -0.25) is 19.1 Å². The summed E-state index contributed by atoms with van der Waals surface area (Å²) in [7, 11) is 0. The van der Waals surface area contributed by atoms with Crippen LogP contribution in [0.2, 0.25) is 0 Å². The van der Waals surface area contributed by atoms with Gasteiger partial charge in [0.1, 0.15) is 17.4 Å². The van der Waals surface area contributed by atoms with Crippen LogP contribution >= 0.6 is 0 Å². The predicted octanol–water partition coefficient (Wildman–Crippen LogP) is 2.75. The fourth-order valence-electron chi connectivity index (χ4n) is 3.03. The Balaban J connectivity index is 1.99. The van der Waals surface area contributed by atoms with Crippen LogP contribution in [0.3, 0.4) is 0 Å². The van der Waals surface area contributed by atoms with Crippen molar-refractivity contribution < 1.29 is 14.6 Å². The van der Waals surface area contributed by atoms with Gasteiger partial charge in [0.15, 0.2) is 6.61 Å². The van der Waals surface area contributed by atoms with Crippen LogP contribution in [-0.2, 0) is 6.54 Å². The largest absolute Gasteiger partial charge is 0.494 e. The van der Waals surface area contributed by atoms with Crippen LogP contribution < -0.4 is 10.3 Å². The summed E-state index contributed by atoms with van der Waals surface area (Å²) in [5.41, 5.74) is 0.805. The van der Waals surface area contributed by atoms with Gasteiger partial charge in [0.25, 0.3) is 5.56 Å². The summed E-state index contributed by atoms with van der Waals surface area (Å²) < 4.78 is 6.54. The summed E-state index contributed by atoms with van der Waals surface area (Å²) in [6, 6.07) is 12.5. The molecular formula is C22H19N3O4. The number of nitrogens with zero attached hydrogens (tertiary/aromatic N) is 3. The number of carbonyl (C=O) groups is 1. The molecule has 1 aromatic carbocycles. The smallest absolute Gasteiger partial charge is 0.271 e. The Morgan fingerprint density at radius 3 is 2.72 bits per heavy atom. The molecule has 1 N–H and O–H groups in total. The zero-order valence-electron chi connectivity index (χ0n) is 16.0. The van der Waals surface area contributed by atoms with Gasteiger partial charge in [-0.05, 0) is 48.7 Å². The third-order valence-electron chi connectivity index (χ3n) is 4.50. The first-order valence-electron chi connectivity index (χ1n) is 8.90. The highest BCUT2D eigenvalue weighted by Crippen LogP contribution is 2.23. The molecule has 0 saturated heterocycles. The van der Waals surface area contributed by atoms with Crippen molar-refractivity contribution >= 4 is 5.78 Å². The molecule has 0 radical (unpaired) electrons. The molecule has 7 heteroatoms. The second-order valence-corrected chi connectivity index (χ2v) is 6.59. The van der Waals surface area contributed by atoms with E-state index in [1.807, 2.05) is 19.1 Å². The normalized spacial score (nSPS) is 10.4. The molecule has 2 aromatic heterocycles. The lowest BCUT2D eigenvalue weighted by Gasteiger charge is -2.16. The number of aryl methyl sites for hydroxylation is 1. The van der Waals surface area contributed by atoms with E-state index in [4.69, 9.17) is 4.74 Å². The van der Waals surface area contributed by atoms with Crippen LogP contribution in [0.25, 0.3) is 0 Å². The zero-order valence-corrected chi connectivity index (χ0v) is 16.0. The van der Waals surface area contributed by atoms with Gasteiger partial charge < -0.3 is 9.84 Å². The molecule has 7 nitrogen and oxygen atoms in total. The van der Waals surface area contributed by atoms with Crippen molar-refractivity contribution in [2.75, 3.05) is 6.61 Å². The number of hydrogen-bond acceptors (Lipinski definition) is 6. The zero-order chi connectivity index (χ0) is 21.0. The van der Waals surface area contributed by atoms with Crippen molar-refractivity contribution in [3.05, 3.63) is 87.0 Å². The number of Topliss-reactive ketones (excluding diaryl/α,β-unsaturated/α-hetero) is 1. The molecule has 0 aliphatic rings. The van der Waals surface area contributed by atoms with Crippen molar-refractivity contribution in [3.63, 3.8) is 0 Å². The first-order chi connectivity index (χ1) is 13.9. The first kappa shape index (κ1) is 19.8. The molecule has 0 unspecified atom stereocenters. The number of carbonyl (C=O) groups excluding carboxylic acids is 1. The summed E-state index contributed by atoms with van der Waals surface area (Å²) >= 11 is 0. The number of aromatic hydroxyl groups is 1. The minimum absolute atomic E-state index is 0.0213. The van der Waals surface area contributed by atoms with E-state index in [-0.39, 0.29) is 29.8 Å². The lowest BCUT2D eigenvalue weighted by Crippen LogP contribution is -2.28. The molecule has 146 valence electrons. The van der Waals surface area contributed by atoms with E-state index in [0.29, 0.717) is 11.3 Å². The van der Waals surface area contributed by atoms with Gasteiger partial charge >= 0.3 is 0 Å². The van der Waals surface area contributed by atoms with Crippen LogP contribution in [0, 0.1) is 25.2 Å². The molecule has 0 saturated carbocycles. The minimum Gasteiger partial charge on any atom is -0.494 e. The van der Waals surface area contributed by atoms with Gasteiger partial charge in [0.2, 0.25) is 11.7 Å². The Labute approximate surface area is 167 Å². The highest BCUT2D eigenvalue weighted by atomic mass is 16.5. The van der Waals surface area contributed by atoms with Crippen LogP contribution in [-0.4, -0.2) is 27.0 Å². The number of hydrogen-bond donors (Lipinski definition) is 1. The summed E-state index contributed by atoms with van der Waals surface area (Å²) in [6.45, 7) is 3.01. The molecule has 0 atom stereocenters. The number of benzene rings is 1. The van der Waals surface area contributed by atoms with E-state index in [2.05, 4.69) is 4.98 Å². The first-order valence-corrected chi connectivity index (χ1v) is 8.90. The highest BCUT2D eigenvalue weighted by molar-refractivity contribution is 6.01. The van der Waals surface area contributed by atoms with Crippen LogP contribution in [0.1, 0.15) is 32.6 Å². The van der Waals surface area contributed by atoms with E-state index in [1.54, 1.807) is 42.7 Å². The van der Waals surface area contributed by atoms with Crippen LogP contribution in [0.15, 0.2) is 53.6 Å². The van der Waals surface area contributed by atoms with Gasteiger partial charge in [-0.1, -0.05) is 18.2 Å². The summed E-state index contributed by atoms with van der Waals surface area (Å²) in [4.78, 5) is 29.4. The second-order valence-electron chi connectivity index (χ2n) is 6.59.